The van der Waals surface area contributed by atoms with Crippen molar-refractivity contribution in [2.45, 2.75) is 26.1 Å². The van der Waals surface area contributed by atoms with Crippen molar-refractivity contribution < 1.29 is 27.5 Å². The van der Waals surface area contributed by atoms with Gasteiger partial charge in [-0.1, -0.05) is 0 Å². The molecule has 0 saturated heterocycles. The van der Waals surface area contributed by atoms with Crippen LogP contribution in [0.2, 0.25) is 0 Å². The Bertz CT molecular complexity index is 454. The van der Waals surface area contributed by atoms with Crippen LogP contribution < -0.4 is 0 Å². The molecule has 1 atom stereocenters. The van der Waals surface area contributed by atoms with Crippen LogP contribution in [-0.2, 0) is 15.7 Å². The zero-order chi connectivity index (χ0) is 13.9. The fourth-order valence-electron chi connectivity index (χ4n) is 1.31. The summed E-state index contributed by atoms with van der Waals surface area (Å²) in [6.07, 6.45) is -4.46. The van der Waals surface area contributed by atoms with Crippen LogP contribution in [-0.4, -0.2) is 28.6 Å². The second-order valence-corrected chi connectivity index (χ2v) is 3.44. The van der Waals surface area contributed by atoms with E-state index in [0.29, 0.717) is 10.7 Å². The molecule has 18 heavy (non-hydrogen) atoms. The fourth-order valence-corrected chi connectivity index (χ4v) is 1.31. The molecule has 0 aliphatic rings. The quantitative estimate of drug-likeness (QED) is 0.615. The van der Waals surface area contributed by atoms with Crippen molar-refractivity contribution in [3.8, 4) is 0 Å². The van der Waals surface area contributed by atoms with Crippen LogP contribution in [0.1, 0.15) is 36.1 Å². The third-order valence-electron chi connectivity index (χ3n) is 2.17. The highest BCUT2D eigenvalue weighted by atomic mass is 19.4. The van der Waals surface area contributed by atoms with Gasteiger partial charge in [-0.3, -0.25) is 4.79 Å². The van der Waals surface area contributed by atoms with Crippen LogP contribution in [0.4, 0.5) is 13.2 Å². The van der Waals surface area contributed by atoms with Crippen LogP contribution >= 0.6 is 0 Å². The van der Waals surface area contributed by atoms with E-state index in [1.54, 1.807) is 6.92 Å². The minimum Gasteiger partial charge on any atom is -0.464 e. The molecule has 0 saturated carbocycles. The minimum atomic E-state index is -4.67. The first-order valence-corrected chi connectivity index (χ1v) is 5.09. The molecule has 100 valence electrons. The lowest BCUT2D eigenvalue weighted by molar-refractivity contribution is -0.148. The molecule has 0 aliphatic carbocycles. The number of hydrogen-bond donors (Lipinski definition) is 0. The molecule has 0 bridgehead atoms. The summed E-state index contributed by atoms with van der Waals surface area (Å²) in [5.74, 6) is -0.752. The van der Waals surface area contributed by atoms with Gasteiger partial charge >= 0.3 is 12.1 Å². The highest BCUT2D eigenvalue weighted by Crippen LogP contribution is 2.29. The lowest BCUT2D eigenvalue weighted by Gasteiger charge is -2.12. The first kappa shape index (κ1) is 14.2. The number of halogens is 3. The van der Waals surface area contributed by atoms with Gasteiger partial charge in [-0.15, -0.1) is 0 Å². The molecule has 0 spiro atoms. The summed E-state index contributed by atoms with van der Waals surface area (Å²) in [5.41, 5.74) is -1.55. The molecule has 0 aliphatic heterocycles. The maximum absolute atomic E-state index is 12.4. The number of aromatic nitrogens is 2. The van der Waals surface area contributed by atoms with Gasteiger partial charge in [0.1, 0.15) is 11.7 Å². The van der Waals surface area contributed by atoms with Crippen molar-refractivity contribution >= 4 is 12.3 Å². The van der Waals surface area contributed by atoms with Gasteiger partial charge in [0.15, 0.2) is 12.0 Å². The highest BCUT2D eigenvalue weighted by Gasteiger charge is 2.36. The monoisotopic (exact) mass is 264 g/mol. The predicted molar refractivity (Wildman–Crippen MR) is 54.0 cm³/mol. The molecule has 1 heterocycles. The van der Waals surface area contributed by atoms with Gasteiger partial charge in [0, 0.05) is 0 Å². The number of carbonyl (C=O) groups excluding carboxylic acids is 2. The van der Waals surface area contributed by atoms with Crippen molar-refractivity contribution in [3.05, 3.63) is 17.5 Å². The minimum absolute atomic E-state index is 0.0903. The van der Waals surface area contributed by atoms with Gasteiger partial charge < -0.3 is 4.74 Å². The molecule has 0 fully saturated rings. The molecule has 0 aromatic carbocycles. The van der Waals surface area contributed by atoms with E-state index in [9.17, 15) is 22.8 Å². The largest absolute Gasteiger partial charge is 0.464 e. The van der Waals surface area contributed by atoms with E-state index in [0.717, 1.165) is 0 Å². The van der Waals surface area contributed by atoms with Crippen LogP contribution in [0.3, 0.4) is 0 Å². The van der Waals surface area contributed by atoms with E-state index in [2.05, 4.69) is 9.84 Å². The van der Waals surface area contributed by atoms with E-state index in [4.69, 9.17) is 0 Å². The predicted octanol–water partition coefficient (Wildman–Crippen LogP) is 1.84. The topological polar surface area (TPSA) is 61.2 Å². The molecule has 0 N–H and O–H groups in total. The van der Waals surface area contributed by atoms with E-state index < -0.39 is 23.9 Å². The third-order valence-corrected chi connectivity index (χ3v) is 2.17. The highest BCUT2D eigenvalue weighted by molar-refractivity contribution is 5.77. The normalized spacial score (nSPS) is 13.2. The molecule has 1 aromatic heterocycles. The van der Waals surface area contributed by atoms with E-state index >= 15 is 0 Å². The van der Waals surface area contributed by atoms with Crippen molar-refractivity contribution in [2.75, 3.05) is 6.61 Å². The number of nitrogens with zero attached hydrogens (tertiary/aromatic N) is 2. The number of esters is 1. The van der Waals surface area contributed by atoms with Crippen molar-refractivity contribution in [1.82, 2.24) is 9.78 Å². The molecular weight excluding hydrogens is 253 g/mol. The summed E-state index contributed by atoms with van der Waals surface area (Å²) >= 11 is 0. The second-order valence-electron chi connectivity index (χ2n) is 3.44. The van der Waals surface area contributed by atoms with Gasteiger partial charge in [0.05, 0.1) is 6.61 Å². The number of rotatable bonds is 4. The zero-order valence-corrected chi connectivity index (χ0v) is 9.69. The first-order chi connectivity index (χ1) is 8.31. The molecule has 0 unspecified atom stereocenters. The van der Waals surface area contributed by atoms with Gasteiger partial charge in [0.2, 0.25) is 0 Å². The number of hydrogen-bond acceptors (Lipinski definition) is 4. The smallest absolute Gasteiger partial charge is 0.435 e. The van der Waals surface area contributed by atoms with E-state index in [1.165, 1.54) is 6.92 Å². The van der Waals surface area contributed by atoms with E-state index in [1.807, 2.05) is 0 Å². The summed E-state index contributed by atoms with van der Waals surface area (Å²) in [5, 5.41) is 3.22. The maximum Gasteiger partial charge on any atom is 0.435 e. The van der Waals surface area contributed by atoms with Crippen LogP contribution in [0, 0.1) is 0 Å². The zero-order valence-electron chi connectivity index (χ0n) is 9.69. The summed E-state index contributed by atoms with van der Waals surface area (Å²) in [4.78, 5) is 22.1. The Balaban J connectivity index is 3.12. The maximum atomic E-state index is 12.4. The number of aldehydes is 1. The van der Waals surface area contributed by atoms with Crippen molar-refractivity contribution in [2.24, 2.45) is 0 Å². The average Bonchev–Trinajstić information content (AvgIpc) is 2.71. The Morgan fingerprint density at radius 3 is 2.67 bits per heavy atom. The third kappa shape index (κ3) is 2.88. The fraction of sp³-hybridized carbons (Fsp3) is 0.500. The lowest BCUT2D eigenvalue weighted by atomic mass is 10.3. The van der Waals surface area contributed by atoms with Gasteiger partial charge in [-0.2, -0.15) is 18.3 Å². The molecule has 0 radical (unpaired) electrons. The first-order valence-electron chi connectivity index (χ1n) is 5.09. The molecule has 5 nitrogen and oxygen atoms in total. The summed E-state index contributed by atoms with van der Waals surface area (Å²) < 4.78 is 42.6. The molecular formula is C10H11F3N2O3. The van der Waals surface area contributed by atoms with Crippen molar-refractivity contribution in [1.29, 1.82) is 0 Å². The van der Waals surface area contributed by atoms with Crippen LogP contribution in [0.15, 0.2) is 6.07 Å². The SMILES string of the molecule is CCOC(=O)[C@@H](C)n1nc(C(F)(F)F)cc1C=O. The van der Waals surface area contributed by atoms with E-state index in [-0.39, 0.29) is 18.6 Å². The second kappa shape index (κ2) is 5.19. The van der Waals surface area contributed by atoms with Gasteiger partial charge in [0.25, 0.3) is 0 Å². The Hall–Kier alpha value is -1.86. The molecule has 8 heteroatoms. The Morgan fingerprint density at radius 2 is 2.22 bits per heavy atom. The number of ether oxygens (including phenoxy) is 1. The summed E-state index contributed by atoms with van der Waals surface area (Å²) in [7, 11) is 0. The van der Waals surface area contributed by atoms with Crippen LogP contribution in [0.5, 0.6) is 0 Å². The standard InChI is InChI=1S/C10H11F3N2O3/c1-3-18-9(17)6(2)15-7(5-16)4-8(14-15)10(11,12)13/h4-6H,3H2,1-2H3/t6-/m1/s1. The summed E-state index contributed by atoms with van der Waals surface area (Å²) in [6, 6.07) is -0.510. The Labute approximate surface area is 101 Å². The number of carbonyl (C=O) groups is 2. The van der Waals surface area contributed by atoms with Gasteiger partial charge in [-0.05, 0) is 19.9 Å². The van der Waals surface area contributed by atoms with Crippen molar-refractivity contribution in [3.63, 3.8) is 0 Å². The number of alkyl halides is 3. The van der Waals surface area contributed by atoms with Crippen LogP contribution in [0.25, 0.3) is 0 Å². The molecule has 1 rings (SSSR count). The Kier molecular flexibility index (Phi) is 4.10. The van der Waals surface area contributed by atoms with Gasteiger partial charge in [-0.25, -0.2) is 9.48 Å². The molecule has 0 amide bonds. The Morgan fingerprint density at radius 1 is 1.61 bits per heavy atom. The molecule has 1 aromatic rings. The summed E-state index contributed by atoms with van der Waals surface area (Å²) in [6.45, 7) is 2.96. The average molecular weight is 264 g/mol. The lowest BCUT2D eigenvalue weighted by Crippen LogP contribution is -2.22.